The fraction of sp³-hybridized carbons (Fsp3) is 0.188. The molecule has 0 aliphatic carbocycles. The first-order chi connectivity index (χ1) is 11.2. The number of aliphatic imine (C=N–C) groups is 1. The fourth-order valence-electron chi connectivity index (χ4n) is 1.68. The number of nitrogens with zero attached hydrogens (tertiary/aromatic N) is 3. The third-order valence-corrected chi connectivity index (χ3v) is 2.77. The van der Waals surface area contributed by atoms with E-state index in [2.05, 4.69) is 15.2 Å². The van der Waals surface area contributed by atoms with Gasteiger partial charge in [-0.3, -0.25) is 10.7 Å². The van der Waals surface area contributed by atoms with Gasteiger partial charge in [0, 0.05) is 0 Å². The average molecular weight is 314 g/mol. The zero-order valence-corrected chi connectivity index (χ0v) is 12.9. The smallest absolute Gasteiger partial charge is 0.173 e. The predicted molar refractivity (Wildman–Crippen MR) is 89.0 cm³/mol. The maximum atomic E-state index is 9.22. The summed E-state index contributed by atoms with van der Waals surface area (Å²) >= 11 is 0. The number of hydrogen-bond donors (Lipinski definition) is 2. The maximum absolute atomic E-state index is 9.22. The van der Waals surface area contributed by atoms with Crippen molar-refractivity contribution in [3.63, 3.8) is 0 Å². The van der Waals surface area contributed by atoms with Crippen LogP contribution in [-0.2, 0) is 0 Å². The van der Waals surface area contributed by atoms with Crippen LogP contribution in [0.3, 0.4) is 0 Å². The number of nitrogens with one attached hydrogen (secondary N) is 1. The van der Waals surface area contributed by atoms with Crippen molar-refractivity contribution in [2.24, 2.45) is 15.2 Å². The van der Waals surface area contributed by atoms with Crippen LogP contribution < -0.4 is 10.2 Å². The monoisotopic (exact) mass is 314 g/mol. The van der Waals surface area contributed by atoms with Crippen LogP contribution in [0.25, 0.3) is 0 Å². The summed E-state index contributed by atoms with van der Waals surface area (Å²) < 4.78 is 10.5. The molecule has 0 spiro atoms. The lowest BCUT2D eigenvalue weighted by Crippen LogP contribution is -2.26. The van der Waals surface area contributed by atoms with Gasteiger partial charge in [-0.2, -0.15) is 10.2 Å². The van der Waals surface area contributed by atoms with Gasteiger partial charge >= 0.3 is 0 Å². The van der Waals surface area contributed by atoms with Gasteiger partial charge < -0.3 is 9.15 Å². The van der Waals surface area contributed by atoms with Crippen molar-refractivity contribution in [1.82, 2.24) is 5.48 Å². The Labute approximate surface area is 134 Å². The molecule has 0 saturated heterocycles. The Balaban J connectivity index is 2.10. The van der Waals surface area contributed by atoms with Crippen molar-refractivity contribution in [2.75, 3.05) is 6.61 Å². The van der Waals surface area contributed by atoms with Crippen molar-refractivity contribution >= 4 is 23.4 Å². The Kier molecular flexibility index (Phi) is 6.07. The molecule has 2 aromatic rings. The minimum absolute atomic E-state index is 0.200. The normalized spacial score (nSPS) is 12.7. The number of amidine groups is 1. The van der Waals surface area contributed by atoms with E-state index in [1.807, 2.05) is 12.4 Å². The minimum Gasteiger partial charge on any atom is -0.494 e. The van der Waals surface area contributed by atoms with E-state index in [0.717, 1.165) is 5.75 Å². The van der Waals surface area contributed by atoms with Gasteiger partial charge in [-0.1, -0.05) is 0 Å². The fourth-order valence-corrected chi connectivity index (χ4v) is 1.68. The van der Waals surface area contributed by atoms with Crippen molar-refractivity contribution in [2.45, 2.75) is 13.8 Å². The summed E-state index contributed by atoms with van der Waals surface area (Å²) in [5.74, 6) is 1.55. The zero-order valence-electron chi connectivity index (χ0n) is 12.9. The summed E-state index contributed by atoms with van der Waals surface area (Å²) in [6.07, 6.45) is 3.02. The second kappa shape index (κ2) is 8.50. The summed E-state index contributed by atoms with van der Waals surface area (Å²) in [6.45, 7) is 4.20. The number of furan rings is 1. The molecular formula is C16H18N4O3. The molecule has 7 heteroatoms. The van der Waals surface area contributed by atoms with E-state index in [9.17, 15) is 5.21 Å². The van der Waals surface area contributed by atoms with Gasteiger partial charge in [-0.05, 0) is 50.2 Å². The number of hydrogen-bond acceptors (Lipinski definition) is 6. The molecule has 0 atom stereocenters. The van der Waals surface area contributed by atoms with Crippen LogP contribution in [0.15, 0.2) is 62.3 Å². The van der Waals surface area contributed by atoms with Crippen LogP contribution in [0.4, 0.5) is 5.69 Å². The maximum Gasteiger partial charge on any atom is 0.173 e. The summed E-state index contributed by atoms with van der Waals surface area (Å²) in [7, 11) is 0. The highest BCUT2D eigenvalue weighted by molar-refractivity contribution is 6.40. The lowest BCUT2D eigenvalue weighted by Gasteiger charge is -2.05. The van der Waals surface area contributed by atoms with Crippen LogP contribution in [0.2, 0.25) is 0 Å². The minimum atomic E-state index is 0.200. The molecule has 0 amide bonds. The Morgan fingerprint density at radius 3 is 2.70 bits per heavy atom. The number of hydroxylamine groups is 1. The topological polar surface area (TPSA) is 91.7 Å². The highest BCUT2D eigenvalue weighted by atomic mass is 16.5. The van der Waals surface area contributed by atoms with Crippen LogP contribution in [0.1, 0.15) is 19.6 Å². The molecule has 120 valence electrons. The summed E-state index contributed by atoms with van der Waals surface area (Å²) in [5, 5.41) is 17.1. The van der Waals surface area contributed by atoms with E-state index >= 15 is 0 Å². The van der Waals surface area contributed by atoms with Crippen molar-refractivity contribution in [3.8, 4) is 5.75 Å². The Morgan fingerprint density at radius 1 is 1.30 bits per heavy atom. The van der Waals surface area contributed by atoms with Gasteiger partial charge in [0.1, 0.15) is 17.2 Å². The van der Waals surface area contributed by atoms with Crippen LogP contribution in [0, 0.1) is 0 Å². The largest absolute Gasteiger partial charge is 0.494 e. The molecule has 0 aliphatic heterocycles. The standard InChI is InChI=1S/C16H18N4O3/c1-3-22-14-8-6-13(7-9-14)18-16(20-21)12(2)19-17-11-15-5-4-10-23-15/h4-11,21H,3H2,1-2H3,(H,18,20). The van der Waals surface area contributed by atoms with E-state index in [-0.39, 0.29) is 5.84 Å². The first kappa shape index (κ1) is 16.4. The van der Waals surface area contributed by atoms with Crippen LogP contribution in [-0.4, -0.2) is 29.6 Å². The number of rotatable bonds is 6. The first-order valence-electron chi connectivity index (χ1n) is 7.06. The quantitative estimate of drug-likeness (QED) is 0.486. The van der Waals surface area contributed by atoms with Gasteiger partial charge in [0.25, 0.3) is 0 Å². The first-order valence-corrected chi connectivity index (χ1v) is 7.06. The lowest BCUT2D eigenvalue weighted by molar-refractivity contribution is 0.236. The molecule has 1 aromatic carbocycles. The summed E-state index contributed by atoms with van der Waals surface area (Å²) in [5.41, 5.74) is 3.09. The van der Waals surface area contributed by atoms with Gasteiger partial charge in [-0.15, -0.1) is 0 Å². The number of benzene rings is 1. The molecule has 0 bridgehead atoms. The molecule has 0 fully saturated rings. The van der Waals surface area contributed by atoms with E-state index in [0.29, 0.717) is 23.8 Å². The van der Waals surface area contributed by atoms with E-state index < -0.39 is 0 Å². The van der Waals surface area contributed by atoms with E-state index in [1.54, 1.807) is 49.6 Å². The second-order valence-corrected chi connectivity index (χ2v) is 4.44. The Bertz CT molecular complexity index is 689. The molecule has 0 aliphatic rings. The molecule has 7 nitrogen and oxygen atoms in total. The molecule has 1 heterocycles. The lowest BCUT2D eigenvalue weighted by atomic mass is 10.3. The second-order valence-electron chi connectivity index (χ2n) is 4.44. The van der Waals surface area contributed by atoms with Crippen molar-refractivity contribution < 1.29 is 14.4 Å². The van der Waals surface area contributed by atoms with Crippen LogP contribution >= 0.6 is 0 Å². The Morgan fingerprint density at radius 2 is 2.09 bits per heavy atom. The van der Waals surface area contributed by atoms with E-state index in [1.165, 1.54) is 6.21 Å². The molecular weight excluding hydrogens is 296 g/mol. The summed E-state index contributed by atoms with van der Waals surface area (Å²) in [6, 6.07) is 10.7. The summed E-state index contributed by atoms with van der Waals surface area (Å²) in [4.78, 5) is 4.27. The highest BCUT2D eigenvalue weighted by Gasteiger charge is 2.03. The SMILES string of the molecule is CCOc1ccc(N=C(NO)C(C)=NN=Cc2ccco2)cc1. The molecule has 1 aromatic heterocycles. The predicted octanol–water partition coefficient (Wildman–Crippen LogP) is 3.18. The van der Waals surface area contributed by atoms with Crippen molar-refractivity contribution in [1.29, 1.82) is 0 Å². The number of ether oxygens (including phenoxy) is 1. The van der Waals surface area contributed by atoms with Gasteiger partial charge in [0.05, 0.1) is 24.8 Å². The third kappa shape index (κ3) is 5.08. The molecule has 23 heavy (non-hydrogen) atoms. The third-order valence-electron chi connectivity index (χ3n) is 2.77. The highest BCUT2D eigenvalue weighted by Crippen LogP contribution is 2.18. The van der Waals surface area contributed by atoms with Crippen LogP contribution in [0.5, 0.6) is 5.75 Å². The molecule has 0 unspecified atom stereocenters. The average Bonchev–Trinajstić information content (AvgIpc) is 3.07. The Hall–Kier alpha value is -2.93. The molecule has 2 rings (SSSR count). The molecule has 2 N–H and O–H groups in total. The van der Waals surface area contributed by atoms with Crippen molar-refractivity contribution in [3.05, 3.63) is 48.4 Å². The van der Waals surface area contributed by atoms with Gasteiger partial charge in [0.2, 0.25) is 0 Å². The van der Waals surface area contributed by atoms with E-state index in [4.69, 9.17) is 9.15 Å². The van der Waals surface area contributed by atoms with Gasteiger partial charge in [-0.25, -0.2) is 4.99 Å². The molecule has 0 radical (unpaired) electrons. The zero-order chi connectivity index (χ0) is 16.5. The van der Waals surface area contributed by atoms with Gasteiger partial charge in [0.15, 0.2) is 5.84 Å². The molecule has 0 saturated carbocycles.